The van der Waals surface area contributed by atoms with Crippen molar-refractivity contribution in [2.75, 3.05) is 0 Å². The molecule has 5 rings (SSSR count). The molecular weight excluding hydrogens is 389 g/mol. The highest BCUT2D eigenvalue weighted by Gasteiger charge is 2.54. The van der Waals surface area contributed by atoms with E-state index in [4.69, 9.17) is 34.8 Å². The third kappa shape index (κ3) is 3.79. The van der Waals surface area contributed by atoms with Crippen LogP contribution >= 0.6 is 34.8 Å². The van der Waals surface area contributed by atoms with Crippen molar-refractivity contribution in [3.05, 3.63) is 42.0 Å². The van der Waals surface area contributed by atoms with Crippen molar-refractivity contribution in [2.45, 2.75) is 48.4 Å². The number of carbonyl (C=O) groups is 1. The van der Waals surface area contributed by atoms with Gasteiger partial charge in [0.1, 0.15) is 0 Å². The first kappa shape index (κ1) is 18.7. The van der Waals surface area contributed by atoms with Crippen LogP contribution < -0.4 is 5.32 Å². The number of hydrogen-bond donors (Lipinski definition) is 1. The predicted molar refractivity (Wildman–Crippen MR) is 108 cm³/mol. The quantitative estimate of drug-likeness (QED) is 0.625. The van der Waals surface area contributed by atoms with E-state index in [0.717, 1.165) is 23.3 Å². The zero-order chi connectivity index (χ0) is 18.4. The predicted octanol–water partition coefficient (Wildman–Crippen LogP) is 5.77. The molecule has 0 saturated heterocycles. The lowest BCUT2D eigenvalue weighted by atomic mass is 9.47. The number of alkyl halides is 3. The van der Waals surface area contributed by atoms with Crippen LogP contribution in [0.1, 0.15) is 44.1 Å². The van der Waals surface area contributed by atoms with Gasteiger partial charge in [0.15, 0.2) is 0 Å². The van der Waals surface area contributed by atoms with Crippen LogP contribution in [0.4, 0.5) is 0 Å². The second-order valence-electron chi connectivity index (χ2n) is 8.50. The van der Waals surface area contributed by atoms with Gasteiger partial charge in [-0.15, -0.1) is 0 Å². The van der Waals surface area contributed by atoms with Gasteiger partial charge in [0, 0.05) is 0 Å². The molecule has 1 amide bonds. The Morgan fingerprint density at radius 3 is 2.08 bits per heavy atom. The molecule has 0 aliphatic heterocycles. The van der Waals surface area contributed by atoms with E-state index in [1.54, 1.807) is 0 Å². The molecule has 4 saturated carbocycles. The van der Waals surface area contributed by atoms with Crippen LogP contribution in [0.5, 0.6) is 0 Å². The van der Waals surface area contributed by atoms with Crippen molar-refractivity contribution >= 4 is 46.8 Å². The smallest absolute Gasteiger partial charge is 0.272 e. The Kier molecular flexibility index (Phi) is 5.05. The van der Waals surface area contributed by atoms with E-state index in [1.807, 2.05) is 18.2 Å². The van der Waals surface area contributed by atoms with Crippen molar-refractivity contribution in [3.63, 3.8) is 0 Å². The number of nitrogens with one attached hydrogen (secondary N) is 1. The standard InChI is InChI=1S/C21H24Cl3NO/c22-21(23,24)19(26)25-18(7-6-14-4-2-1-3-5-14)20-11-15-8-16(12-20)10-17(9-15)13-20/h1-7,15-18H,8-13H2,(H,25,26)/b7-6+/t15?,16?,17?,18-,20?/m1/s1. The van der Waals surface area contributed by atoms with E-state index in [0.29, 0.717) is 0 Å². The van der Waals surface area contributed by atoms with E-state index in [2.05, 4.69) is 29.6 Å². The van der Waals surface area contributed by atoms with Crippen LogP contribution in [0.2, 0.25) is 0 Å². The summed E-state index contributed by atoms with van der Waals surface area (Å²) in [5.74, 6) is 1.84. The van der Waals surface area contributed by atoms with Crippen LogP contribution in [0.15, 0.2) is 36.4 Å². The monoisotopic (exact) mass is 411 g/mol. The average molecular weight is 413 g/mol. The molecule has 0 unspecified atom stereocenters. The summed E-state index contributed by atoms with van der Waals surface area (Å²) in [5.41, 5.74) is 1.22. The second kappa shape index (κ2) is 7.04. The average Bonchev–Trinajstić information content (AvgIpc) is 2.57. The van der Waals surface area contributed by atoms with Crippen LogP contribution in [-0.4, -0.2) is 15.7 Å². The molecule has 5 heteroatoms. The molecule has 4 aliphatic carbocycles. The molecule has 0 radical (unpaired) electrons. The van der Waals surface area contributed by atoms with Crippen LogP contribution in [0, 0.1) is 23.2 Å². The van der Waals surface area contributed by atoms with Gasteiger partial charge in [-0.2, -0.15) is 0 Å². The van der Waals surface area contributed by atoms with Gasteiger partial charge in [-0.05, 0) is 67.3 Å². The van der Waals surface area contributed by atoms with Gasteiger partial charge in [-0.3, -0.25) is 4.79 Å². The molecule has 1 N–H and O–H groups in total. The van der Waals surface area contributed by atoms with Gasteiger partial charge in [0.05, 0.1) is 6.04 Å². The van der Waals surface area contributed by atoms with Gasteiger partial charge in [-0.25, -0.2) is 0 Å². The zero-order valence-electron chi connectivity index (χ0n) is 14.6. The topological polar surface area (TPSA) is 29.1 Å². The third-order valence-corrected chi connectivity index (χ3v) is 7.09. The van der Waals surface area contributed by atoms with Crippen LogP contribution in [-0.2, 0) is 4.79 Å². The molecule has 4 bridgehead atoms. The highest BCUT2D eigenvalue weighted by molar-refractivity contribution is 6.76. The summed E-state index contributed by atoms with van der Waals surface area (Å²) in [6.07, 6.45) is 11.8. The van der Waals surface area contributed by atoms with Gasteiger partial charge in [0.25, 0.3) is 9.70 Å². The normalized spacial score (nSPS) is 34.2. The fourth-order valence-electron chi connectivity index (χ4n) is 5.96. The lowest BCUT2D eigenvalue weighted by Gasteiger charge is -2.59. The van der Waals surface area contributed by atoms with Gasteiger partial charge in [0.2, 0.25) is 0 Å². The lowest BCUT2D eigenvalue weighted by molar-refractivity contribution is -0.124. The van der Waals surface area contributed by atoms with Crippen LogP contribution in [0.25, 0.3) is 6.08 Å². The Labute approximate surface area is 170 Å². The van der Waals surface area contributed by atoms with E-state index < -0.39 is 9.70 Å². The molecule has 1 aromatic rings. The fraction of sp³-hybridized carbons (Fsp3) is 0.571. The molecule has 2 nitrogen and oxygen atoms in total. The molecule has 4 aliphatic rings. The molecule has 4 fully saturated rings. The first-order valence-corrected chi connectivity index (χ1v) is 10.6. The van der Waals surface area contributed by atoms with Crippen molar-refractivity contribution in [3.8, 4) is 0 Å². The zero-order valence-corrected chi connectivity index (χ0v) is 16.9. The molecular formula is C21H24Cl3NO. The second-order valence-corrected chi connectivity index (χ2v) is 10.8. The lowest BCUT2D eigenvalue weighted by Crippen LogP contribution is -2.57. The van der Waals surface area contributed by atoms with Crippen molar-refractivity contribution in [1.29, 1.82) is 0 Å². The highest BCUT2D eigenvalue weighted by Crippen LogP contribution is 2.61. The minimum absolute atomic E-state index is 0.0979. The van der Waals surface area contributed by atoms with Crippen molar-refractivity contribution in [2.24, 2.45) is 23.2 Å². The van der Waals surface area contributed by atoms with Gasteiger partial charge < -0.3 is 5.32 Å². The molecule has 140 valence electrons. The summed E-state index contributed by atoms with van der Waals surface area (Å²) in [4.78, 5) is 12.4. The first-order valence-electron chi connectivity index (χ1n) is 9.45. The third-order valence-electron chi connectivity index (χ3n) is 6.57. The summed E-state index contributed by atoms with van der Waals surface area (Å²) in [7, 11) is 0. The minimum Gasteiger partial charge on any atom is -0.346 e. The first-order chi connectivity index (χ1) is 12.3. The Bertz CT molecular complexity index is 660. The number of amides is 1. The molecule has 0 aromatic heterocycles. The summed E-state index contributed by atoms with van der Waals surface area (Å²) in [6.45, 7) is 0. The SMILES string of the molecule is O=C(N[C@H](/C=C/c1ccccc1)C12CC3CC(CC(C3)C1)C2)C(Cl)(Cl)Cl. The Balaban J connectivity index is 1.62. The molecule has 0 heterocycles. The van der Waals surface area contributed by atoms with E-state index in [9.17, 15) is 4.79 Å². The van der Waals surface area contributed by atoms with Crippen LogP contribution in [0.3, 0.4) is 0 Å². The summed E-state index contributed by atoms with van der Waals surface area (Å²) < 4.78 is -1.93. The summed E-state index contributed by atoms with van der Waals surface area (Å²) in [6, 6.07) is 10.0. The van der Waals surface area contributed by atoms with E-state index in [1.165, 1.54) is 38.5 Å². The Hall–Kier alpha value is -0.700. The van der Waals surface area contributed by atoms with Gasteiger partial charge >= 0.3 is 0 Å². The van der Waals surface area contributed by atoms with E-state index >= 15 is 0 Å². The summed E-state index contributed by atoms with van der Waals surface area (Å²) >= 11 is 17.5. The Morgan fingerprint density at radius 1 is 1.04 bits per heavy atom. The highest BCUT2D eigenvalue weighted by atomic mass is 35.6. The molecule has 0 spiro atoms. The molecule has 1 atom stereocenters. The molecule has 26 heavy (non-hydrogen) atoms. The Morgan fingerprint density at radius 2 is 1.58 bits per heavy atom. The maximum absolute atomic E-state index is 12.4. The van der Waals surface area contributed by atoms with Crippen molar-refractivity contribution < 1.29 is 4.79 Å². The number of carbonyl (C=O) groups excluding carboxylic acids is 1. The van der Waals surface area contributed by atoms with Gasteiger partial charge in [-0.1, -0.05) is 77.3 Å². The number of benzene rings is 1. The fourth-order valence-corrected chi connectivity index (χ4v) is 6.12. The maximum Gasteiger partial charge on any atom is 0.272 e. The minimum atomic E-state index is -1.93. The van der Waals surface area contributed by atoms with Crippen molar-refractivity contribution in [1.82, 2.24) is 5.32 Å². The number of halogens is 3. The number of hydrogen-bond acceptors (Lipinski definition) is 1. The summed E-state index contributed by atoms with van der Waals surface area (Å²) in [5, 5.41) is 3.06. The number of rotatable bonds is 4. The maximum atomic E-state index is 12.4. The van der Waals surface area contributed by atoms with E-state index in [-0.39, 0.29) is 11.5 Å². The largest absolute Gasteiger partial charge is 0.346 e. The molecule has 1 aromatic carbocycles.